The van der Waals surface area contributed by atoms with Crippen LogP contribution in [0.2, 0.25) is 0 Å². The van der Waals surface area contributed by atoms with Crippen molar-refractivity contribution in [3.63, 3.8) is 0 Å². The Morgan fingerprint density at radius 1 is 1.40 bits per heavy atom. The molecule has 0 radical (unpaired) electrons. The van der Waals surface area contributed by atoms with E-state index in [4.69, 9.17) is 10.5 Å². The summed E-state index contributed by atoms with van der Waals surface area (Å²) >= 11 is 0. The molecule has 0 aromatic heterocycles. The molecule has 2 N–H and O–H groups in total. The van der Waals surface area contributed by atoms with Crippen molar-refractivity contribution in [2.45, 2.75) is 33.3 Å². The number of para-hydroxylation sites is 1. The van der Waals surface area contributed by atoms with E-state index < -0.39 is 0 Å². The number of carbonyl (C=O) groups excluding carboxylic acids is 1. The van der Waals surface area contributed by atoms with E-state index in [-0.39, 0.29) is 18.4 Å². The lowest BCUT2D eigenvalue weighted by Crippen LogP contribution is -2.22. The van der Waals surface area contributed by atoms with Crippen molar-refractivity contribution in [3.05, 3.63) is 29.3 Å². The SMILES string of the molecule is Cc1cccc(C)c1OC(C)CC(N)=O. The van der Waals surface area contributed by atoms with E-state index in [9.17, 15) is 4.79 Å². The summed E-state index contributed by atoms with van der Waals surface area (Å²) in [5, 5.41) is 0. The summed E-state index contributed by atoms with van der Waals surface area (Å²) in [4.78, 5) is 10.7. The lowest BCUT2D eigenvalue weighted by atomic mass is 10.1. The van der Waals surface area contributed by atoms with Crippen molar-refractivity contribution in [3.8, 4) is 5.75 Å². The van der Waals surface area contributed by atoms with Gasteiger partial charge in [-0.3, -0.25) is 4.79 Å². The van der Waals surface area contributed by atoms with Crippen LogP contribution < -0.4 is 10.5 Å². The van der Waals surface area contributed by atoms with E-state index >= 15 is 0 Å². The minimum Gasteiger partial charge on any atom is -0.490 e. The van der Waals surface area contributed by atoms with E-state index in [1.807, 2.05) is 39.0 Å². The summed E-state index contributed by atoms with van der Waals surface area (Å²) < 4.78 is 5.69. The fourth-order valence-electron chi connectivity index (χ4n) is 1.51. The molecular formula is C12H17NO2. The van der Waals surface area contributed by atoms with Gasteiger partial charge in [-0.05, 0) is 31.9 Å². The van der Waals surface area contributed by atoms with Crippen LogP contribution in [-0.4, -0.2) is 12.0 Å². The Hall–Kier alpha value is -1.51. The molecule has 1 amide bonds. The first-order chi connectivity index (χ1) is 7.00. The first-order valence-electron chi connectivity index (χ1n) is 5.02. The maximum atomic E-state index is 10.7. The normalized spacial score (nSPS) is 12.2. The number of hydrogen-bond acceptors (Lipinski definition) is 2. The van der Waals surface area contributed by atoms with Gasteiger partial charge in [0, 0.05) is 0 Å². The van der Waals surface area contributed by atoms with Crippen molar-refractivity contribution in [2.24, 2.45) is 5.73 Å². The third-order valence-electron chi connectivity index (χ3n) is 2.22. The third kappa shape index (κ3) is 3.27. The van der Waals surface area contributed by atoms with Crippen LogP contribution in [0.15, 0.2) is 18.2 Å². The summed E-state index contributed by atoms with van der Waals surface area (Å²) in [5.74, 6) is 0.514. The quantitative estimate of drug-likeness (QED) is 0.820. The highest BCUT2D eigenvalue weighted by molar-refractivity contribution is 5.74. The molecule has 0 heterocycles. The van der Waals surface area contributed by atoms with Crippen molar-refractivity contribution in [1.82, 2.24) is 0 Å². The number of aryl methyl sites for hydroxylation is 2. The number of hydrogen-bond donors (Lipinski definition) is 1. The second kappa shape index (κ2) is 4.82. The largest absolute Gasteiger partial charge is 0.490 e. The predicted molar refractivity (Wildman–Crippen MR) is 59.8 cm³/mol. The fourth-order valence-corrected chi connectivity index (χ4v) is 1.51. The van der Waals surface area contributed by atoms with E-state index in [1.165, 1.54) is 0 Å². The maximum Gasteiger partial charge on any atom is 0.221 e. The molecule has 0 aliphatic carbocycles. The van der Waals surface area contributed by atoms with Crippen molar-refractivity contribution >= 4 is 5.91 Å². The molecule has 3 heteroatoms. The van der Waals surface area contributed by atoms with Gasteiger partial charge in [0.2, 0.25) is 5.91 Å². The second-order valence-corrected chi connectivity index (χ2v) is 3.82. The van der Waals surface area contributed by atoms with Crippen LogP contribution >= 0.6 is 0 Å². The Balaban J connectivity index is 2.76. The number of carbonyl (C=O) groups is 1. The van der Waals surface area contributed by atoms with Gasteiger partial charge in [0.05, 0.1) is 6.42 Å². The van der Waals surface area contributed by atoms with Gasteiger partial charge in [-0.1, -0.05) is 18.2 Å². The number of rotatable bonds is 4. The smallest absolute Gasteiger partial charge is 0.221 e. The van der Waals surface area contributed by atoms with Crippen molar-refractivity contribution in [2.75, 3.05) is 0 Å². The van der Waals surface area contributed by atoms with Crippen LogP contribution in [0, 0.1) is 13.8 Å². The van der Waals surface area contributed by atoms with Gasteiger partial charge >= 0.3 is 0 Å². The molecule has 0 bridgehead atoms. The zero-order chi connectivity index (χ0) is 11.4. The zero-order valence-electron chi connectivity index (χ0n) is 9.41. The molecule has 0 saturated heterocycles. The Morgan fingerprint density at radius 2 is 1.93 bits per heavy atom. The minimum absolute atomic E-state index is 0.178. The number of ether oxygens (including phenoxy) is 1. The Bertz CT molecular complexity index is 340. The summed E-state index contributed by atoms with van der Waals surface area (Å²) in [6, 6.07) is 5.95. The average molecular weight is 207 g/mol. The lowest BCUT2D eigenvalue weighted by molar-refractivity contribution is -0.119. The second-order valence-electron chi connectivity index (χ2n) is 3.82. The van der Waals surface area contributed by atoms with E-state index in [0.717, 1.165) is 16.9 Å². The van der Waals surface area contributed by atoms with Gasteiger partial charge in [0.1, 0.15) is 11.9 Å². The molecule has 82 valence electrons. The van der Waals surface area contributed by atoms with E-state index in [1.54, 1.807) is 0 Å². The van der Waals surface area contributed by atoms with Crippen molar-refractivity contribution < 1.29 is 9.53 Å². The maximum absolute atomic E-state index is 10.7. The highest BCUT2D eigenvalue weighted by Gasteiger charge is 2.10. The van der Waals surface area contributed by atoms with Crippen molar-refractivity contribution in [1.29, 1.82) is 0 Å². The van der Waals surface area contributed by atoms with Gasteiger partial charge in [0.15, 0.2) is 0 Å². The van der Waals surface area contributed by atoms with Gasteiger partial charge in [-0.2, -0.15) is 0 Å². The number of benzene rings is 1. The monoisotopic (exact) mass is 207 g/mol. The molecule has 0 aliphatic rings. The molecule has 1 rings (SSSR count). The highest BCUT2D eigenvalue weighted by Crippen LogP contribution is 2.23. The molecule has 0 spiro atoms. The average Bonchev–Trinajstić information content (AvgIpc) is 2.10. The Kier molecular flexibility index (Phi) is 3.72. The summed E-state index contributed by atoms with van der Waals surface area (Å²) in [6.45, 7) is 5.81. The van der Waals surface area contributed by atoms with Crippen LogP contribution in [0.25, 0.3) is 0 Å². The molecule has 0 saturated carbocycles. The first-order valence-corrected chi connectivity index (χ1v) is 5.02. The Morgan fingerprint density at radius 3 is 2.40 bits per heavy atom. The molecule has 0 fully saturated rings. The highest BCUT2D eigenvalue weighted by atomic mass is 16.5. The van der Waals surface area contributed by atoms with Gasteiger partial charge in [-0.25, -0.2) is 0 Å². The van der Waals surface area contributed by atoms with Crippen LogP contribution in [-0.2, 0) is 4.79 Å². The number of amides is 1. The van der Waals surface area contributed by atoms with Crippen LogP contribution in [0.4, 0.5) is 0 Å². The van der Waals surface area contributed by atoms with Gasteiger partial charge < -0.3 is 10.5 Å². The fraction of sp³-hybridized carbons (Fsp3) is 0.417. The molecule has 1 aromatic rings. The number of primary amides is 1. The van der Waals surface area contributed by atoms with E-state index in [0.29, 0.717) is 0 Å². The third-order valence-corrected chi connectivity index (χ3v) is 2.22. The lowest BCUT2D eigenvalue weighted by Gasteiger charge is -2.16. The molecule has 1 unspecified atom stereocenters. The summed E-state index contributed by atoms with van der Waals surface area (Å²) in [7, 11) is 0. The molecule has 1 aromatic carbocycles. The zero-order valence-corrected chi connectivity index (χ0v) is 9.41. The summed E-state index contributed by atoms with van der Waals surface area (Å²) in [6.07, 6.45) is 0.0654. The van der Waals surface area contributed by atoms with Crippen LogP contribution in [0.3, 0.4) is 0 Å². The first kappa shape index (κ1) is 11.6. The van der Waals surface area contributed by atoms with E-state index in [2.05, 4.69) is 0 Å². The summed E-state index contributed by atoms with van der Waals surface area (Å²) in [5.41, 5.74) is 7.25. The number of nitrogens with two attached hydrogens (primary N) is 1. The minimum atomic E-state index is -0.339. The van der Waals surface area contributed by atoms with Crippen LogP contribution in [0.5, 0.6) is 5.75 Å². The molecule has 0 aliphatic heterocycles. The van der Waals surface area contributed by atoms with Gasteiger partial charge in [-0.15, -0.1) is 0 Å². The van der Waals surface area contributed by atoms with Gasteiger partial charge in [0.25, 0.3) is 0 Å². The Labute approximate surface area is 90.2 Å². The molecular weight excluding hydrogens is 190 g/mol. The predicted octanol–water partition coefficient (Wildman–Crippen LogP) is 1.95. The molecule has 1 atom stereocenters. The topological polar surface area (TPSA) is 52.3 Å². The molecule has 3 nitrogen and oxygen atoms in total. The van der Waals surface area contributed by atoms with Crippen LogP contribution in [0.1, 0.15) is 24.5 Å². The molecule has 15 heavy (non-hydrogen) atoms. The standard InChI is InChI=1S/C12H17NO2/c1-8-5-4-6-9(2)12(8)15-10(3)7-11(13)14/h4-6,10H,7H2,1-3H3,(H2,13,14).